The first-order valence-corrected chi connectivity index (χ1v) is 5.64. The van der Waals surface area contributed by atoms with Crippen LogP contribution in [0.3, 0.4) is 0 Å². The van der Waals surface area contributed by atoms with Crippen LogP contribution in [0.25, 0.3) is 0 Å². The first kappa shape index (κ1) is 11.6. The minimum Gasteiger partial charge on any atom is -0.395 e. The van der Waals surface area contributed by atoms with E-state index < -0.39 is 0 Å². The predicted octanol–water partition coefficient (Wildman–Crippen LogP) is 0.915. The Bertz CT molecular complexity index is 264. The van der Waals surface area contributed by atoms with E-state index in [1.807, 2.05) is 7.05 Å². The van der Waals surface area contributed by atoms with Crippen molar-refractivity contribution in [2.75, 3.05) is 20.2 Å². The summed E-state index contributed by atoms with van der Waals surface area (Å²) in [6.45, 7) is 3.88. The van der Waals surface area contributed by atoms with Crippen molar-refractivity contribution in [2.24, 2.45) is 0 Å². The van der Waals surface area contributed by atoms with Crippen molar-refractivity contribution >= 4 is 11.5 Å². The minimum atomic E-state index is 0.200. The van der Waals surface area contributed by atoms with Gasteiger partial charge in [0, 0.05) is 13.1 Å². The van der Waals surface area contributed by atoms with E-state index in [9.17, 15) is 0 Å². The molecule has 1 rings (SSSR count). The molecule has 0 aliphatic rings. The fourth-order valence-electron chi connectivity index (χ4n) is 1.27. The van der Waals surface area contributed by atoms with Gasteiger partial charge >= 0.3 is 0 Å². The highest BCUT2D eigenvalue weighted by molar-refractivity contribution is 7.05. The molecular formula is C9H17N3OS. The molecule has 0 saturated heterocycles. The lowest BCUT2D eigenvalue weighted by Crippen LogP contribution is -2.21. The molecule has 0 atom stereocenters. The van der Waals surface area contributed by atoms with Crippen molar-refractivity contribution < 1.29 is 5.11 Å². The minimum absolute atomic E-state index is 0.200. The summed E-state index contributed by atoms with van der Waals surface area (Å²) in [4.78, 5) is 3.30. The van der Waals surface area contributed by atoms with E-state index in [0.29, 0.717) is 6.54 Å². The van der Waals surface area contributed by atoms with Crippen LogP contribution in [-0.2, 0) is 13.0 Å². The van der Waals surface area contributed by atoms with Crippen molar-refractivity contribution in [2.45, 2.75) is 26.3 Å². The molecule has 1 aromatic heterocycles. The average Bonchev–Trinajstić information content (AvgIpc) is 2.54. The lowest BCUT2D eigenvalue weighted by molar-refractivity contribution is 0.218. The summed E-state index contributed by atoms with van der Waals surface area (Å²) in [7, 11) is 1.99. The molecule has 0 saturated carbocycles. The van der Waals surface area contributed by atoms with Crippen LogP contribution in [0, 0.1) is 0 Å². The maximum atomic E-state index is 8.77. The number of aliphatic hydroxyl groups is 1. The molecule has 1 heterocycles. The second-order valence-electron chi connectivity index (χ2n) is 3.35. The number of hydrogen-bond donors (Lipinski definition) is 1. The molecule has 0 aromatic carbocycles. The molecule has 1 N–H and O–H groups in total. The zero-order valence-corrected chi connectivity index (χ0v) is 9.55. The number of aliphatic hydroxyl groups excluding tert-OH is 1. The van der Waals surface area contributed by atoms with Crippen LogP contribution < -0.4 is 0 Å². The van der Waals surface area contributed by atoms with E-state index in [2.05, 4.69) is 21.4 Å². The Morgan fingerprint density at radius 1 is 1.50 bits per heavy atom. The number of hydrogen-bond acceptors (Lipinski definition) is 5. The van der Waals surface area contributed by atoms with Gasteiger partial charge in [0.25, 0.3) is 0 Å². The summed E-state index contributed by atoms with van der Waals surface area (Å²) >= 11 is 1.46. The highest BCUT2D eigenvalue weighted by Gasteiger charge is 2.08. The molecule has 0 amide bonds. The quantitative estimate of drug-likeness (QED) is 0.766. The maximum absolute atomic E-state index is 8.77. The lowest BCUT2D eigenvalue weighted by atomic mass is 10.2. The van der Waals surface area contributed by atoms with Crippen LogP contribution in [0.5, 0.6) is 0 Å². The van der Waals surface area contributed by atoms with Gasteiger partial charge < -0.3 is 5.11 Å². The summed E-state index contributed by atoms with van der Waals surface area (Å²) < 4.78 is 3.96. The molecule has 80 valence electrons. The lowest BCUT2D eigenvalue weighted by Gasteiger charge is -2.13. The summed E-state index contributed by atoms with van der Waals surface area (Å²) in [6, 6.07) is 0. The van der Waals surface area contributed by atoms with Crippen LogP contribution in [0.4, 0.5) is 0 Å². The third-order valence-electron chi connectivity index (χ3n) is 2.02. The number of aromatic nitrogens is 2. The van der Waals surface area contributed by atoms with Gasteiger partial charge in [-0.1, -0.05) is 17.8 Å². The summed E-state index contributed by atoms with van der Waals surface area (Å²) in [5, 5.41) is 12.9. The number of aryl methyl sites for hydroxylation is 1. The van der Waals surface area contributed by atoms with E-state index in [-0.39, 0.29) is 6.61 Å². The molecule has 0 bridgehead atoms. The smallest absolute Gasteiger partial charge is 0.0800 e. The molecule has 0 unspecified atom stereocenters. The fourth-order valence-corrected chi connectivity index (χ4v) is 2.03. The molecule has 5 heteroatoms. The van der Waals surface area contributed by atoms with Gasteiger partial charge in [-0.15, -0.1) is 5.10 Å². The number of rotatable bonds is 6. The Balaban J connectivity index is 2.52. The Morgan fingerprint density at radius 3 is 2.93 bits per heavy atom. The zero-order valence-electron chi connectivity index (χ0n) is 8.73. The highest BCUT2D eigenvalue weighted by atomic mass is 32.1. The Kier molecular flexibility index (Phi) is 5.00. The van der Waals surface area contributed by atoms with Crippen LogP contribution in [0.15, 0.2) is 0 Å². The first-order valence-electron chi connectivity index (χ1n) is 4.87. The SMILES string of the molecule is CCCc1nnsc1CN(C)CCO. The Hall–Kier alpha value is -0.520. The van der Waals surface area contributed by atoms with Crippen LogP contribution in [0.1, 0.15) is 23.9 Å². The average molecular weight is 215 g/mol. The molecule has 1 aromatic rings. The number of likely N-dealkylation sites (N-methyl/N-ethyl adjacent to an activating group) is 1. The largest absolute Gasteiger partial charge is 0.395 e. The topological polar surface area (TPSA) is 49.2 Å². The van der Waals surface area contributed by atoms with E-state index in [1.165, 1.54) is 16.4 Å². The Morgan fingerprint density at radius 2 is 2.29 bits per heavy atom. The molecule has 0 spiro atoms. The second kappa shape index (κ2) is 6.06. The molecule has 0 aliphatic heterocycles. The second-order valence-corrected chi connectivity index (χ2v) is 4.19. The maximum Gasteiger partial charge on any atom is 0.0800 e. The van der Waals surface area contributed by atoms with Crippen LogP contribution >= 0.6 is 11.5 Å². The third-order valence-corrected chi connectivity index (χ3v) is 2.76. The predicted molar refractivity (Wildman–Crippen MR) is 57.3 cm³/mol. The Labute approximate surface area is 88.7 Å². The summed E-state index contributed by atoms with van der Waals surface area (Å²) in [5.41, 5.74) is 1.11. The van der Waals surface area contributed by atoms with Gasteiger partial charge in [0.15, 0.2) is 0 Å². The van der Waals surface area contributed by atoms with Gasteiger partial charge in [0.2, 0.25) is 0 Å². The number of nitrogens with zero attached hydrogens (tertiary/aromatic N) is 3. The highest BCUT2D eigenvalue weighted by Crippen LogP contribution is 2.14. The van der Waals surface area contributed by atoms with Crippen molar-refractivity contribution in [3.63, 3.8) is 0 Å². The van der Waals surface area contributed by atoms with Gasteiger partial charge in [-0.25, -0.2) is 0 Å². The van der Waals surface area contributed by atoms with Crippen molar-refractivity contribution in [3.8, 4) is 0 Å². The van der Waals surface area contributed by atoms with E-state index in [1.54, 1.807) is 0 Å². The van der Waals surface area contributed by atoms with Gasteiger partial charge in [-0.2, -0.15) is 0 Å². The van der Waals surface area contributed by atoms with Crippen molar-refractivity contribution in [3.05, 3.63) is 10.6 Å². The molecular weight excluding hydrogens is 198 g/mol. The molecule has 0 aliphatic carbocycles. The van der Waals surface area contributed by atoms with Crippen LogP contribution in [-0.4, -0.2) is 39.8 Å². The normalized spacial score (nSPS) is 11.1. The zero-order chi connectivity index (χ0) is 10.4. The molecule has 4 nitrogen and oxygen atoms in total. The fraction of sp³-hybridized carbons (Fsp3) is 0.778. The van der Waals surface area contributed by atoms with Gasteiger partial charge in [-0.3, -0.25) is 4.90 Å². The molecule has 14 heavy (non-hydrogen) atoms. The van der Waals surface area contributed by atoms with Crippen molar-refractivity contribution in [1.82, 2.24) is 14.5 Å². The van der Waals surface area contributed by atoms with Gasteiger partial charge in [0.05, 0.1) is 17.2 Å². The summed E-state index contributed by atoms with van der Waals surface area (Å²) in [6.07, 6.45) is 2.10. The van der Waals surface area contributed by atoms with E-state index >= 15 is 0 Å². The van der Waals surface area contributed by atoms with E-state index in [4.69, 9.17) is 5.11 Å². The third kappa shape index (κ3) is 3.32. The standard InChI is InChI=1S/C9H17N3OS/c1-3-4-8-9(14-11-10-8)7-12(2)5-6-13/h13H,3-7H2,1-2H3. The van der Waals surface area contributed by atoms with Crippen LogP contribution in [0.2, 0.25) is 0 Å². The summed E-state index contributed by atoms with van der Waals surface area (Å²) in [5.74, 6) is 0. The molecule has 0 radical (unpaired) electrons. The van der Waals surface area contributed by atoms with Gasteiger partial charge in [0.1, 0.15) is 0 Å². The molecule has 0 fully saturated rings. The van der Waals surface area contributed by atoms with E-state index in [0.717, 1.165) is 25.1 Å². The first-order chi connectivity index (χ1) is 6.77. The van der Waals surface area contributed by atoms with Crippen molar-refractivity contribution in [1.29, 1.82) is 0 Å². The van der Waals surface area contributed by atoms with Gasteiger partial charge in [-0.05, 0) is 25.0 Å². The monoisotopic (exact) mass is 215 g/mol.